The molecule has 3 nitrogen and oxygen atoms in total. The molecule has 0 N–H and O–H groups in total. The molecule has 17 heavy (non-hydrogen) atoms. The lowest BCUT2D eigenvalue weighted by Crippen LogP contribution is -2.15. The summed E-state index contributed by atoms with van der Waals surface area (Å²) in [6.45, 7) is 4.20. The Kier molecular flexibility index (Phi) is 5.70. The van der Waals surface area contributed by atoms with Crippen molar-refractivity contribution < 1.29 is 14.3 Å². The van der Waals surface area contributed by atoms with Gasteiger partial charge in [-0.1, -0.05) is 12.1 Å². The molecule has 94 valence electrons. The maximum Gasteiger partial charge on any atom is 0.133 e. The van der Waals surface area contributed by atoms with Crippen LogP contribution < -0.4 is 4.74 Å². The first-order valence-electron chi connectivity index (χ1n) is 5.85. The molecule has 0 aromatic heterocycles. The number of ketones is 1. The van der Waals surface area contributed by atoms with Crippen LogP contribution in [0, 0.1) is 0 Å². The van der Waals surface area contributed by atoms with Crippen molar-refractivity contribution in [1.82, 2.24) is 0 Å². The Labute approximate surface area is 103 Å². The first-order valence-corrected chi connectivity index (χ1v) is 5.85. The van der Waals surface area contributed by atoms with Gasteiger partial charge in [0.05, 0.1) is 6.61 Å². The van der Waals surface area contributed by atoms with E-state index in [9.17, 15) is 4.79 Å². The predicted octanol–water partition coefficient (Wildman–Crippen LogP) is 2.62. The fourth-order valence-electron chi connectivity index (χ4n) is 1.63. The van der Waals surface area contributed by atoms with Crippen molar-refractivity contribution >= 4 is 5.78 Å². The average molecular weight is 236 g/mol. The smallest absolute Gasteiger partial charge is 0.133 e. The minimum absolute atomic E-state index is 0.0719. The van der Waals surface area contributed by atoms with Crippen LogP contribution >= 0.6 is 0 Å². The topological polar surface area (TPSA) is 35.5 Å². The number of carbonyl (C=O) groups is 1. The Hall–Kier alpha value is -1.35. The van der Waals surface area contributed by atoms with Crippen LogP contribution in [-0.4, -0.2) is 25.6 Å². The molecule has 0 fully saturated rings. The number of methoxy groups -OCH3 is 1. The van der Waals surface area contributed by atoms with Gasteiger partial charge in [-0.25, -0.2) is 0 Å². The molecule has 0 bridgehead atoms. The second kappa shape index (κ2) is 7.07. The zero-order valence-electron chi connectivity index (χ0n) is 10.7. The van der Waals surface area contributed by atoms with E-state index in [4.69, 9.17) is 9.47 Å². The van der Waals surface area contributed by atoms with Crippen LogP contribution in [0.3, 0.4) is 0 Å². The largest absolute Gasteiger partial charge is 0.490 e. The molecule has 0 saturated carbocycles. The van der Waals surface area contributed by atoms with Crippen molar-refractivity contribution in [3.05, 3.63) is 29.8 Å². The van der Waals surface area contributed by atoms with Crippen molar-refractivity contribution in [1.29, 1.82) is 0 Å². The predicted molar refractivity (Wildman–Crippen MR) is 67.4 cm³/mol. The van der Waals surface area contributed by atoms with Gasteiger partial charge in [0.15, 0.2) is 0 Å². The summed E-state index contributed by atoms with van der Waals surface area (Å²) in [5.41, 5.74) is 1.22. The van der Waals surface area contributed by atoms with Gasteiger partial charge < -0.3 is 9.47 Å². The number of carbonyl (C=O) groups excluding carboxylic acids is 1. The number of benzene rings is 1. The van der Waals surface area contributed by atoms with Crippen LogP contribution in [0.1, 0.15) is 25.8 Å². The SMILES string of the molecule is COCCc1ccc(OC(C)CC(C)=O)cc1. The standard InChI is InChI=1S/C14H20O3/c1-11(15)10-12(2)17-14-6-4-13(5-7-14)8-9-16-3/h4-7,12H,8-10H2,1-3H3. The quantitative estimate of drug-likeness (QED) is 0.730. The summed E-state index contributed by atoms with van der Waals surface area (Å²) in [6.07, 6.45) is 1.28. The molecule has 0 aliphatic carbocycles. The summed E-state index contributed by atoms with van der Waals surface area (Å²) in [7, 11) is 1.70. The van der Waals surface area contributed by atoms with Gasteiger partial charge in [0.1, 0.15) is 17.6 Å². The molecule has 1 atom stereocenters. The lowest BCUT2D eigenvalue weighted by molar-refractivity contribution is -0.118. The second-order valence-corrected chi connectivity index (χ2v) is 4.22. The Morgan fingerprint density at radius 2 is 1.94 bits per heavy atom. The zero-order valence-corrected chi connectivity index (χ0v) is 10.7. The highest BCUT2D eigenvalue weighted by Crippen LogP contribution is 2.15. The maximum absolute atomic E-state index is 10.9. The molecule has 0 amide bonds. The van der Waals surface area contributed by atoms with Gasteiger partial charge in [0, 0.05) is 13.5 Å². The van der Waals surface area contributed by atoms with Crippen molar-refractivity contribution in [3.63, 3.8) is 0 Å². The number of hydrogen-bond donors (Lipinski definition) is 0. The third-order valence-corrected chi connectivity index (χ3v) is 2.43. The Morgan fingerprint density at radius 1 is 1.29 bits per heavy atom. The lowest BCUT2D eigenvalue weighted by Gasteiger charge is -2.13. The summed E-state index contributed by atoms with van der Waals surface area (Å²) in [6, 6.07) is 7.91. The molecule has 1 aromatic carbocycles. The number of ether oxygens (including phenoxy) is 2. The molecule has 1 unspecified atom stereocenters. The third kappa shape index (κ3) is 5.50. The lowest BCUT2D eigenvalue weighted by atomic mass is 10.1. The summed E-state index contributed by atoms with van der Waals surface area (Å²) >= 11 is 0. The van der Waals surface area contributed by atoms with Gasteiger partial charge in [-0.15, -0.1) is 0 Å². The van der Waals surface area contributed by atoms with Gasteiger partial charge in [0.2, 0.25) is 0 Å². The third-order valence-electron chi connectivity index (χ3n) is 2.43. The fraction of sp³-hybridized carbons (Fsp3) is 0.500. The monoisotopic (exact) mass is 236 g/mol. The zero-order chi connectivity index (χ0) is 12.7. The van der Waals surface area contributed by atoms with Crippen LogP contribution in [0.4, 0.5) is 0 Å². The van der Waals surface area contributed by atoms with Crippen molar-refractivity contribution in [3.8, 4) is 5.75 Å². The minimum Gasteiger partial charge on any atom is -0.490 e. The van der Waals surface area contributed by atoms with E-state index in [1.165, 1.54) is 5.56 Å². The normalized spacial score (nSPS) is 12.2. The van der Waals surface area contributed by atoms with E-state index in [1.54, 1.807) is 14.0 Å². The molecule has 1 aromatic rings. The van der Waals surface area contributed by atoms with Crippen molar-refractivity contribution in [2.24, 2.45) is 0 Å². The van der Waals surface area contributed by atoms with Crippen molar-refractivity contribution in [2.75, 3.05) is 13.7 Å². The fourth-order valence-corrected chi connectivity index (χ4v) is 1.63. The molecule has 0 heterocycles. The van der Waals surface area contributed by atoms with Crippen LogP contribution in [0.2, 0.25) is 0 Å². The van der Waals surface area contributed by atoms with Crippen LogP contribution in [0.5, 0.6) is 5.75 Å². The molecule has 0 aliphatic heterocycles. The Morgan fingerprint density at radius 3 is 2.47 bits per heavy atom. The number of Topliss-reactive ketones (excluding diaryl/α,β-unsaturated/α-hetero) is 1. The molecule has 0 radical (unpaired) electrons. The molecule has 0 spiro atoms. The summed E-state index contributed by atoms with van der Waals surface area (Å²) in [5, 5.41) is 0. The second-order valence-electron chi connectivity index (χ2n) is 4.22. The van der Waals surface area contributed by atoms with E-state index >= 15 is 0 Å². The Bertz CT molecular complexity index is 343. The first kappa shape index (κ1) is 13.7. The Balaban J connectivity index is 2.47. The maximum atomic E-state index is 10.9. The molecule has 3 heteroatoms. The molecule has 0 aliphatic rings. The van der Waals surface area contributed by atoms with E-state index in [1.807, 2.05) is 31.2 Å². The highest BCUT2D eigenvalue weighted by Gasteiger charge is 2.06. The summed E-state index contributed by atoms with van der Waals surface area (Å²) in [5.74, 6) is 0.953. The molecule has 0 saturated heterocycles. The molecular weight excluding hydrogens is 216 g/mol. The van der Waals surface area contributed by atoms with E-state index in [2.05, 4.69) is 0 Å². The highest BCUT2D eigenvalue weighted by atomic mass is 16.5. The van der Waals surface area contributed by atoms with Crippen LogP contribution in [0.15, 0.2) is 24.3 Å². The van der Waals surface area contributed by atoms with Crippen LogP contribution in [0.25, 0.3) is 0 Å². The van der Waals surface area contributed by atoms with Crippen molar-refractivity contribution in [2.45, 2.75) is 32.8 Å². The van der Waals surface area contributed by atoms with E-state index in [-0.39, 0.29) is 11.9 Å². The van der Waals surface area contributed by atoms with Gasteiger partial charge in [-0.3, -0.25) is 4.79 Å². The van der Waals surface area contributed by atoms with E-state index in [0.717, 1.165) is 18.8 Å². The number of rotatable bonds is 7. The van der Waals surface area contributed by atoms with E-state index in [0.29, 0.717) is 6.42 Å². The van der Waals surface area contributed by atoms with Gasteiger partial charge >= 0.3 is 0 Å². The minimum atomic E-state index is -0.0719. The first-order chi connectivity index (χ1) is 8.11. The van der Waals surface area contributed by atoms with E-state index < -0.39 is 0 Å². The van der Waals surface area contributed by atoms with Gasteiger partial charge in [-0.05, 0) is 38.0 Å². The highest BCUT2D eigenvalue weighted by molar-refractivity contribution is 5.75. The van der Waals surface area contributed by atoms with Gasteiger partial charge in [0.25, 0.3) is 0 Å². The number of hydrogen-bond acceptors (Lipinski definition) is 3. The summed E-state index contributed by atoms with van der Waals surface area (Å²) in [4.78, 5) is 10.9. The molecule has 1 rings (SSSR count). The average Bonchev–Trinajstić information content (AvgIpc) is 2.27. The summed E-state index contributed by atoms with van der Waals surface area (Å²) < 4.78 is 10.6. The van der Waals surface area contributed by atoms with Gasteiger partial charge in [-0.2, -0.15) is 0 Å². The molecular formula is C14H20O3. The van der Waals surface area contributed by atoms with Crippen LogP contribution in [-0.2, 0) is 16.0 Å².